The standard InChI is InChI=1S/C23H17FN2O2S/c24-17-7-9-18(10-8-17)26-22(27)20(19-6-3-13-29-19)21(23(26)28)25-12-11-15-4-1-2-5-16(15)14-25/h1-10,13H,11-12,14H2. The number of hydrogen-bond donors (Lipinski definition) is 0. The molecule has 0 bridgehead atoms. The normalized spacial score (nSPS) is 16.6. The molecule has 0 aliphatic carbocycles. The third-order valence-electron chi connectivity index (χ3n) is 5.36. The summed E-state index contributed by atoms with van der Waals surface area (Å²) in [7, 11) is 0. The van der Waals surface area contributed by atoms with Crippen molar-refractivity contribution >= 4 is 34.4 Å². The second-order valence-electron chi connectivity index (χ2n) is 7.06. The lowest BCUT2D eigenvalue weighted by Gasteiger charge is -2.31. The Kier molecular flexibility index (Phi) is 4.28. The highest BCUT2D eigenvalue weighted by Crippen LogP contribution is 2.38. The number of halogens is 1. The van der Waals surface area contributed by atoms with E-state index in [1.54, 1.807) is 0 Å². The van der Waals surface area contributed by atoms with E-state index in [1.807, 2.05) is 34.5 Å². The van der Waals surface area contributed by atoms with Gasteiger partial charge in [0.25, 0.3) is 11.8 Å². The van der Waals surface area contributed by atoms with Gasteiger partial charge in [0.2, 0.25) is 0 Å². The molecule has 3 aromatic rings. The van der Waals surface area contributed by atoms with Crippen LogP contribution in [0.5, 0.6) is 0 Å². The molecular weight excluding hydrogens is 387 g/mol. The molecule has 4 nitrogen and oxygen atoms in total. The van der Waals surface area contributed by atoms with Gasteiger partial charge in [0.1, 0.15) is 11.5 Å². The summed E-state index contributed by atoms with van der Waals surface area (Å²) in [5.41, 5.74) is 3.67. The van der Waals surface area contributed by atoms with Crippen molar-refractivity contribution in [3.63, 3.8) is 0 Å². The number of hydrogen-bond acceptors (Lipinski definition) is 4. The molecule has 29 heavy (non-hydrogen) atoms. The maximum absolute atomic E-state index is 13.4. The first kappa shape index (κ1) is 17.8. The Morgan fingerprint density at radius 3 is 2.34 bits per heavy atom. The van der Waals surface area contributed by atoms with Crippen molar-refractivity contribution in [3.8, 4) is 0 Å². The van der Waals surface area contributed by atoms with Crippen LogP contribution in [0.1, 0.15) is 16.0 Å². The van der Waals surface area contributed by atoms with Crippen LogP contribution in [-0.4, -0.2) is 23.3 Å². The Hall–Kier alpha value is -3.25. The summed E-state index contributed by atoms with van der Waals surface area (Å²) in [5.74, 6) is -1.13. The molecule has 1 aromatic heterocycles. The first-order chi connectivity index (χ1) is 14.1. The summed E-state index contributed by atoms with van der Waals surface area (Å²) < 4.78 is 13.4. The summed E-state index contributed by atoms with van der Waals surface area (Å²) in [6, 6.07) is 17.4. The lowest BCUT2D eigenvalue weighted by atomic mass is 9.99. The van der Waals surface area contributed by atoms with Gasteiger partial charge in [-0.2, -0.15) is 0 Å². The van der Waals surface area contributed by atoms with E-state index in [0.717, 1.165) is 21.8 Å². The third-order valence-corrected chi connectivity index (χ3v) is 6.25. The van der Waals surface area contributed by atoms with Crippen molar-refractivity contribution in [3.05, 3.63) is 93.6 Å². The van der Waals surface area contributed by atoms with Crippen molar-refractivity contribution < 1.29 is 14.0 Å². The number of amides is 2. The van der Waals surface area contributed by atoms with Crippen LogP contribution in [0.15, 0.2) is 71.7 Å². The number of benzene rings is 2. The van der Waals surface area contributed by atoms with Gasteiger partial charge < -0.3 is 4.90 Å². The smallest absolute Gasteiger partial charge is 0.282 e. The fraction of sp³-hybridized carbons (Fsp3) is 0.130. The number of anilines is 1. The van der Waals surface area contributed by atoms with Gasteiger partial charge in [-0.25, -0.2) is 9.29 Å². The lowest BCUT2D eigenvalue weighted by molar-refractivity contribution is -0.120. The van der Waals surface area contributed by atoms with Crippen molar-refractivity contribution in [1.82, 2.24) is 4.90 Å². The molecule has 6 heteroatoms. The molecule has 3 heterocycles. The molecule has 2 aliphatic rings. The van der Waals surface area contributed by atoms with E-state index < -0.39 is 5.82 Å². The second-order valence-corrected chi connectivity index (χ2v) is 8.01. The van der Waals surface area contributed by atoms with Gasteiger partial charge in [0.15, 0.2) is 0 Å². The number of carbonyl (C=O) groups excluding carboxylic acids is 2. The molecule has 0 unspecified atom stereocenters. The van der Waals surface area contributed by atoms with Crippen LogP contribution in [0.2, 0.25) is 0 Å². The predicted molar refractivity (Wildman–Crippen MR) is 111 cm³/mol. The van der Waals surface area contributed by atoms with E-state index in [4.69, 9.17) is 0 Å². The van der Waals surface area contributed by atoms with Crippen molar-refractivity contribution in [2.45, 2.75) is 13.0 Å². The molecule has 0 saturated heterocycles. The minimum atomic E-state index is -0.410. The topological polar surface area (TPSA) is 40.6 Å². The van der Waals surface area contributed by atoms with Crippen LogP contribution >= 0.6 is 11.3 Å². The van der Waals surface area contributed by atoms with Gasteiger partial charge in [-0.3, -0.25) is 9.59 Å². The Labute approximate surface area is 171 Å². The first-order valence-corrected chi connectivity index (χ1v) is 10.3. The molecule has 0 N–H and O–H groups in total. The fourth-order valence-electron chi connectivity index (χ4n) is 3.97. The van der Waals surface area contributed by atoms with Crippen LogP contribution in [0.4, 0.5) is 10.1 Å². The highest BCUT2D eigenvalue weighted by molar-refractivity contribution is 7.11. The molecular formula is C23H17FN2O2S. The quantitative estimate of drug-likeness (QED) is 0.614. The van der Waals surface area contributed by atoms with Gasteiger partial charge in [-0.1, -0.05) is 30.3 Å². The average Bonchev–Trinajstić information content (AvgIpc) is 3.35. The zero-order valence-electron chi connectivity index (χ0n) is 15.5. The zero-order valence-corrected chi connectivity index (χ0v) is 16.3. The summed E-state index contributed by atoms with van der Waals surface area (Å²) >= 11 is 1.43. The molecule has 2 aromatic carbocycles. The third kappa shape index (κ3) is 2.96. The molecule has 0 saturated carbocycles. The largest absolute Gasteiger partial charge is 0.362 e. The second kappa shape index (κ2) is 6.97. The van der Waals surface area contributed by atoms with Gasteiger partial charge in [0, 0.05) is 18.0 Å². The van der Waals surface area contributed by atoms with E-state index in [-0.39, 0.29) is 11.8 Å². The fourth-order valence-corrected chi connectivity index (χ4v) is 4.73. The van der Waals surface area contributed by atoms with Gasteiger partial charge in [-0.05, 0) is 53.3 Å². The predicted octanol–water partition coefficient (Wildman–Crippen LogP) is 4.23. The van der Waals surface area contributed by atoms with Gasteiger partial charge >= 0.3 is 0 Å². The van der Waals surface area contributed by atoms with Gasteiger partial charge in [-0.15, -0.1) is 11.3 Å². The Morgan fingerprint density at radius 2 is 1.62 bits per heavy atom. The summed E-state index contributed by atoms with van der Waals surface area (Å²) in [5, 5.41) is 1.89. The number of fused-ring (bicyclic) bond motifs is 1. The molecule has 2 amide bonds. The highest BCUT2D eigenvalue weighted by Gasteiger charge is 2.43. The molecule has 0 radical (unpaired) electrons. The highest BCUT2D eigenvalue weighted by atomic mass is 32.1. The van der Waals surface area contributed by atoms with Crippen molar-refractivity contribution in [2.24, 2.45) is 0 Å². The monoisotopic (exact) mass is 404 g/mol. The molecule has 2 aliphatic heterocycles. The average molecular weight is 404 g/mol. The van der Waals surface area contributed by atoms with Crippen LogP contribution in [-0.2, 0) is 22.6 Å². The maximum atomic E-state index is 13.4. The van der Waals surface area contributed by atoms with E-state index in [9.17, 15) is 14.0 Å². The molecule has 144 valence electrons. The molecule has 0 atom stereocenters. The zero-order chi connectivity index (χ0) is 20.0. The van der Waals surface area contributed by atoms with Gasteiger partial charge in [0.05, 0.1) is 11.3 Å². The Balaban J connectivity index is 1.59. The summed E-state index contributed by atoms with van der Waals surface area (Å²) in [6.45, 7) is 1.24. The lowest BCUT2D eigenvalue weighted by Crippen LogP contribution is -2.37. The molecule has 5 rings (SSSR count). The SMILES string of the molecule is O=C1C(c2cccs2)=C(N2CCc3ccccc3C2)C(=O)N1c1ccc(F)cc1. The van der Waals surface area contributed by atoms with Crippen molar-refractivity contribution in [1.29, 1.82) is 0 Å². The van der Waals surface area contributed by atoms with E-state index in [0.29, 0.717) is 30.0 Å². The minimum Gasteiger partial charge on any atom is -0.362 e. The van der Waals surface area contributed by atoms with Crippen LogP contribution < -0.4 is 4.90 Å². The van der Waals surface area contributed by atoms with Crippen LogP contribution in [0.3, 0.4) is 0 Å². The first-order valence-electron chi connectivity index (χ1n) is 9.38. The Morgan fingerprint density at radius 1 is 0.862 bits per heavy atom. The number of thiophene rings is 1. The molecule has 0 fully saturated rings. The van der Waals surface area contributed by atoms with E-state index in [2.05, 4.69) is 12.1 Å². The number of rotatable bonds is 3. The number of nitrogens with zero attached hydrogens (tertiary/aromatic N) is 2. The maximum Gasteiger partial charge on any atom is 0.282 e. The van der Waals surface area contributed by atoms with Crippen LogP contribution in [0.25, 0.3) is 5.57 Å². The van der Waals surface area contributed by atoms with E-state index in [1.165, 1.54) is 41.2 Å². The number of imide groups is 1. The van der Waals surface area contributed by atoms with Crippen LogP contribution in [0, 0.1) is 5.82 Å². The number of carbonyl (C=O) groups is 2. The minimum absolute atomic E-state index is 0.357. The molecule has 0 spiro atoms. The summed E-state index contributed by atoms with van der Waals surface area (Å²) in [4.78, 5) is 30.7. The Bertz CT molecular complexity index is 1140. The summed E-state index contributed by atoms with van der Waals surface area (Å²) in [6.07, 6.45) is 0.815. The van der Waals surface area contributed by atoms with E-state index >= 15 is 0 Å². The van der Waals surface area contributed by atoms with Crippen molar-refractivity contribution in [2.75, 3.05) is 11.4 Å².